The summed E-state index contributed by atoms with van der Waals surface area (Å²) in [6.07, 6.45) is -4.64. The zero-order valence-electron chi connectivity index (χ0n) is 15.0. The van der Waals surface area contributed by atoms with Gasteiger partial charge >= 0.3 is 6.18 Å². The van der Waals surface area contributed by atoms with E-state index in [1.54, 1.807) is 60.0 Å². The fraction of sp³-hybridized carbons (Fsp3) is 0.0500. The number of nitrogens with zero attached hydrogens (tertiary/aromatic N) is 3. The fourth-order valence-electron chi connectivity index (χ4n) is 2.72. The predicted octanol–water partition coefficient (Wildman–Crippen LogP) is 5.92. The van der Waals surface area contributed by atoms with Gasteiger partial charge in [0.25, 0.3) is 5.91 Å². The van der Waals surface area contributed by atoms with Crippen LogP contribution in [0.2, 0.25) is 5.02 Å². The fourth-order valence-corrected chi connectivity index (χ4v) is 3.63. The molecule has 4 aromatic rings. The van der Waals surface area contributed by atoms with Gasteiger partial charge in [0, 0.05) is 10.9 Å². The molecule has 0 saturated carbocycles. The van der Waals surface area contributed by atoms with Crippen LogP contribution in [0.3, 0.4) is 0 Å². The zero-order chi connectivity index (χ0) is 21.3. The van der Waals surface area contributed by atoms with Crippen LogP contribution in [0, 0.1) is 0 Å². The highest BCUT2D eigenvalue weighted by Crippen LogP contribution is 2.35. The highest BCUT2D eigenvalue weighted by molar-refractivity contribution is 7.14. The second-order valence-electron chi connectivity index (χ2n) is 6.13. The minimum atomic E-state index is -4.64. The molecule has 0 fully saturated rings. The number of benzene rings is 2. The molecular formula is C20H12ClF3N4OS. The van der Waals surface area contributed by atoms with E-state index in [1.807, 2.05) is 0 Å². The third kappa shape index (κ3) is 4.07. The smallest absolute Gasteiger partial charge is 0.298 e. The van der Waals surface area contributed by atoms with Gasteiger partial charge < -0.3 is 0 Å². The molecule has 2 aromatic carbocycles. The van der Waals surface area contributed by atoms with Crippen LogP contribution in [0.25, 0.3) is 17.1 Å². The number of halogens is 4. The molecule has 30 heavy (non-hydrogen) atoms. The Hall–Kier alpha value is -3.17. The topological polar surface area (TPSA) is 59.8 Å². The van der Waals surface area contributed by atoms with Gasteiger partial charge in [0.05, 0.1) is 16.4 Å². The highest BCUT2D eigenvalue weighted by atomic mass is 35.5. The number of amides is 1. The summed E-state index contributed by atoms with van der Waals surface area (Å²) in [5.41, 5.74) is -0.0132. The van der Waals surface area contributed by atoms with Crippen molar-refractivity contribution >= 4 is 34.0 Å². The summed E-state index contributed by atoms with van der Waals surface area (Å²) in [6.45, 7) is 0. The van der Waals surface area contributed by atoms with Crippen molar-refractivity contribution in [2.24, 2.45) is 0 Å². The van der Waals surface area contributed by atoms with E-state index in [4.69, 9.17) is 11.6 Å². The molecule has 0 saturated heterocycles. The minimum Gasteiger partial charge on any atom is -0.298 e. The Bertz CT molecular complexity index is 1200. The van der Waals surface area contributed by atoms with Crippen LogP contribution in [-0.2, 0) is 6.18 Å². The number of anilines is 1. The van der Waals surface area contributed by atoms with Crippen molar-refractivity contribution < 1.29 is 18.0 Å². The van der Waals surface area contributed by atoms with Crippen LogP contribution in [0.1, 0.15) is 16.1 Å². The van der Waals surface area contributed by atoms with Gasteiger partial charge in [-0.1, -0.05) is 41.9 Å². The summed E-state index contributed by atoms with van der Waals surface area (Å²) in [6, 6.07) is 15.9. The third-order valence-corrected chi connectivity index (χ3v) is 5.18. The number of alkyl halides is 3. The lowest BCUT2D eigenvalue weighted by Gasteiger charge is -2.07. The van der Waals surface area contributed by atoms with Gasteiger partial charge in [-0.05, 0) is 30.3 Å². The number of hydrogen-bond acceptors (Lipinski definition) is 4. The van der Waals surface area contributed by atoms with Gasteiger partial charge in [0.15, 0.2) is 10.8 Å². The van der Waals surface area contributed by atoms with Crippen molar-refractivity contribution in [2.75, 3.05) is 5.32 Å². The van der Waals surface area contributed by atoms with Gasteiger partial charge in [-0.25, -0.2) is 9.67 Å². The van der Waals surface area contributed by atoms with E-state index in [2.05, 4.69) is 15.4 Å². The van der Waals surface area contributed by atoms with Crippen molar-refractivity contribution in [1.82, 2.24) is 14.8 Å². The summed E-state index contributed by atoms with van der Waals surface area (Å²) in [7, 11) is 0. The first-order valence-electron chi connectivity index (χ1n) is 8.57. The van der Waals surface area contributed by atoms with Gasteiger partial charge in [0.1, 0.15) is 5.69 Å². The standard InChI is InChI=1S/C20H12ClF3N4OS/c21-13-8-4-5-9-15(13)28-16(10-17(27-28)20(22,23)24)14-11-30-19(25-14)26-18(29)12-6-2-1-3-7-12/h1-11H,(H,25,26,29). The van der Waals surface area contributed by atoms with E-state index in [0.29, 0.717) is 5.56 Å². The number of carbonyl (C=O) groups excluding carboxylic acids is 1. The number of aromatic nitrogens is 3. The largest absolute Gasteiger partial charge is 0.435 e. The van der Waals surface area contributed by atoms with Crippen molar-refractivity contribution in [3.05, 3.63) is 82.3 Å². The molecule has 0 aliphatic rings. The summed E-state index contributed by atoms with van der Waals surface area (Å²) in [5, 5.41) is 8.37. The average molecular weight is 449 g/mol. The Labute approximate surface area is 177 Å². The third-order valence-electron chi connectivity index (χ3n) is 4.10. The zero-order valence-corrected chi connectivity index (χ0v) is 16.6. The maximum absolute atomic E-state index is 13.3. The molecule has 2 heterocycles. The first-order valence-corrected chi connectivity index (χ1v) is 9.83. The summed E-state index contributed by atoms with van der Waals surface area (Å²) in [5.74, 6) is -0.368. The quantitative estimate of drug-likeness (QED) is 0.421. The van der Waals surface area contributed by atoms with Gasteiger partial charge in [-0.3, -0.25) is 10.1 Å². The lowest BCUT2D eigenvalue weighted by Crippen LogP contribution is -2.11. The Morgan fingerprint density at radius 3 is 2.47 bits per heavy atom. The molecule has 0 aliphatic heterocycles. The number of hydrogen-bond donors (Lipinski definition) is 1. The van der Waals surface area contributed by atoms with Crippen LogP contribution >= 0.6 is 22.9 Å². The Kier molecular flexibility index (Phi) is 5.31. The molecule has 10 heteroatoms. The monoisotopic (exact) mass is 448 g/mol. The molecule has 0 radical (unpaired) electrons. The van der Waals surface area contributed by atoms with Crippen LogP contribution in [0.15, 0.2) is 66.0 Å². The molecule has 152 valence electrons. The number of carbonyl (C=O) groups is 1. The maximum atomic E-state index is 13.3. The number of para-hydroxylation sites is 1. The highest BCUT2D eigenvalue weighted by Gasteiger charge is 2.35. The molecule has 1 N–H and O–H groups in total. The van der Waals surface area contributed by atoms with Crippen LogP contribution in [0.4, 0.5) is 18.3 Å². The van der Waals surface area contributed by atoms with Gasteiger partial charge in [-0.15, -0.1) is 11.3 Å². The van der Waals surface area contributed by atoms with Crippen molar-refractivity contribution in [1.29, 1.82) is 0 Å². The predicted molar refractivity (Wildman–Crippen MR) is 109 cm³/mol. The second kappa shape index (κ2) is 7.92. The van der Waals surface area contributed by atoms with Crippen LogP contribution < -0.4 is 5.32 Å². The number of nitrogens with one attached hydrogen (secondary N) is 1. The molecule has 0 bridgehead atoms. The first-order chi connectivity index (χ1) is 14.3. The Balaban J connectivity index is 1.71. The molecule has 4 rings (SSSR count). The molecule has 0 unspecified atom stereocenters. The Morgan fingerprint density at radius 2 is 1.77 bits per heavy atom. The molecular weight excluding hydrogens is 437 g/mol. The van der Waals surface area contributed by atoms with E-state index >= 15 is 0 Å². The van der Waals surface area contributed by atoms with E-state index in [9.17, 15) is 18.0 Å². The van der Waals surface area contributed by atoms with E-state index in [-0.39, 0.29) is 33.1 Å². The van der Waals surface area contributed by atoms with Crippen LogP contribution in [0.5, 0.6) is 0 Å². The molecule has 5 nitrogen and oxygen atoms in total. The van der Waals surface area contributed by atoms with Crippen molar-refractivity contribution in [3.63, 3.8) is 0 Å². The van der Waals surface area contributed by atoms with Gasteiger partial charge in [0.2, 0.25) is 0 Å². The first kappa shape index (κ1) is 20.1. The molecule has 0 spiro atoms. The normalized spacial score (nSPS) is 11.5. The molecule has 0 atom stereocenters. The summed E-state index contributed by atoms with van der Waals surface area (Å²) >= 11 is 7.26. The average Bonchev–Trinajstić information content (AvgIpc) is 3.36. The summed E-state index contributed by atoms with van der Waals surface area (Å²) in [4.78, 5) is 16.6. The molecule has 0 aliphatic carbocycles. The van der Waals surface area contributed by atoms with Gasteiger partial charge in [-0.2, -0.15) is 18.3 Å². The van der Waals surface area contributed by atoms with E-state index in [1.165, 1.54) is 0 Å². The number of thiazole rings is 1. The van der Waals surface area contributed by atoms with E-state index in [0.717, 1.165) is 22.1 Å². The minimum absolute atomic E-state index is 0.104. The van der Waals surface area contributed by atoms with Crippen molar-refractivity contribution in [3.8, 4) is 17.1 Å². The van der Waals surface area contributed by atoms with Crippen molar-refractivity contribution in [2.45, 2.75) is 6.18 Å². The summed E-state index contributed by atoms with van der Waals surface area (Å²) < 4.78 is 41.0. The maximum Gasteiger partial charge on any atom is 0.435 e. The number of rotatable bonds is 4. The SMILES string of the molecule is O=C(Nc1nc(-c2cc(C(F)(F)F)nn2-c2ccccc2Cl)cs1)c1ccccc1. The Morgan fingerprint density at radius 1 is 1.07 bits per heavy atom. The second-order valence-corrected chi connectivity index (χ2v) is 7.40. The van der Waals surface area contributed by atoms with E-state index < -0.39 is 11.9 Å². The lowest BCUT2D eigenvalue weighted by molar-refractivity contribution is -0.141. The lowest BCUT2D eigenvalue weighted by atomic mass is 10.2. The van der Waals surface area contributed by atoms with Crippen LogP contribution in [-0.4, -0.2) is 20.7 Å². The molecule has 1 amide bonds. The molecule has 2 aromatic heterocycles.